The van der Waals surface area contributed by atoms with Crippen molar-refractivity contribution < 1.29 is 58.5 Å². The maximum absolute atomic E-state index is 12.7. The number of nitrogens with one attached hydrogen (secondary N) is 1. The van der Waals surface area contributed by atoms with Gasteiger partial charge >= 0.3 is 29.6 Å². The summed E-state index contributed by atoms with van der Waals surface area (Å²) in [5.74, 6) is -2.23. The fraction of sp³-hybridized carbons (Fsp3) is 0.533. The predicted octanol–water partition coefficient (Wildman–Crippen LogP) is -4.84. The maximum atomic E-state index is 12.7. The minimum atomic E-state index is -1.43. The van der Waals surface area contributed by atoms with E-state index in [4.69, 9.17) is 9.47 Å². The minimum absolute atomic E-state index is 0. The van der Waals surface area contributed by atoms with Gasteiger partial charge in [0.2, 0.25) is 5.91 Å². The molecule has 0 aliphatic carbocycles. The fourth-order valence-electron chi connectivity index (χ4n) is 2.58. The van der Waals surface area contributed by atoms with E-state index in [1.807, 2.05) is 17.5 Å². The second-order valence-electron chi connectivity index (χ2n) is 5.58. The van der Waals surface area contributed by atoms with E-state index in [0.29, 0.717) is 32.7 Å². The third-order valence-electron chi connectivity index (χ3n) is 3.91. The average molecular weight is 376 g/mol. The van der Waals surface area contributed by atoms with Gasteiger partial charge in [0, 0.05) is 24.4 Å². The Balaban J connectivity index is 0.00000225. The molecule has 0 bridgehead atoms. The molecule has 0 aromatic carbocycles. The Morgan fingerprint density at radius 1 is 1.32 bits per heavy atom. The number of carbonyl (C=O) groups is 3. The van der Waals surface area contributed by atoms with Crippen molar-refractivity contribution in [3.63, 3.8) is 0 Å². The number of aliphatic carboxylic acids is 1. The zero-order chi connectivity index (χ0) is 17.1. The number of morpholine rings is 1. The monoisotopic (exact) mass is 376 g/mol. The zero-order valence-electron chi connectivity index (χ0n) is 13.8. The van der Waals surface area contributed by atoms with Gasteiger partial charge in [0.25, 0.3) is 5.91 Å². The average Bonchev–Trinajstić information content (AvgIpc) is 3.25. The van der Waals surface area contributed by atoms with E-state index in [9.17, 15) is 19.5 Å². The molecule has 2 aliphatic heterocycles. The van der Waals surface area contributed by atoms with E-state index in [-0.39, 0.29) is 35.5 Å². The van der Waals surface area contributed by atoms with E-state index < -0.39 is 30.1 Å². The molecule has 0 spiro atoms. The SMILES string of the molecule is O=C([O-])[C@H]1O[C@@H]1C(=O)N[C@@H](Cc1cccs1)C(=O)N1CCOCC1.[Na+]. The summed E-state index contributed by atoms with van der Waals surface area (Å²) in [7, 11) is 0. The van der Waals surface area contributed by atoms with Crippen LogP contribution in [0.4, 0.5) is 0 Å². The summed E-state index contributed by atoms with van der Waals surface area (Å²) in [5, 5.41) is 15.2. The minimum Gasteiger partial charge on any atom is -0.547 e. The van der Waals surface area contributed by atoms with Gasteiger partial charge in [-0.3, -0.25) is 9.59 Å². The van der Waals surface area contributed by atoms with E-state index >= 15 is 0 Å². The second-order valence-corrected chi connectivity index (χ2v) is 6.61. The molecule has 2 saturated heterocycles. The number of epoxide rings is 1. The normalized spacial score (nSPS) is 23.3. The van der Waals surface area contributed by atoms with Crippen LogP contribution in [0.3, 0.4) is 0 Å². The van der Waals surface area contributed by atoms with Crippen LogP contribution in [0, 0.1) is 0 Å². The number of thiophene rings is 1. The quantitative estimate of drug-likeness (QED) is 0.394. The summed E-state index contributed by atoms with van der Waals surface area (Å²) in [6, 6.07) is 2.99. The van der Waals surface area contributed by atoms with Crippen LogP contribution < -0.4 is 40.0 Å². The molecule has 1 aromatic rings. The molecule has 1 N–H and O–H groups in total. The van der Waals surface area contributed by atoms with Crippen molar-refractivity contribution in [2.45, 2.75) is 24.7 Å². The zero-order valence-corrected chi connectivity index (χ0v) is 16.6. The number of carboxylic acid groups (broad SMARTS) is 1. The van der Waals surface area contributed by atoms with Crippen molar-refractivity contribution in [2.75, 3.05) is 26.3 Å². The first kappa shape index (κ1) is 20.3. The van der Waals surface area contributed by atoms with Gasteiger partial charge in [0.15, 0.2) is 6.10 Å². The third kappa shape index (κ3) is 5.25. The number of carboxylic acids is 1. The molecular weight excluding hydrogens is 359 g/mol. The Bertz CT molecular complexity index is 620. The molecule has 3 atom stereocenters. The summed E-state index contributed by atoms with van der Waals surface area (Å²) in [5.41, 5.74) is 0. The van der Waals surface area contributed by atoms with E-state index in [2.05, 4.69) is 5.32 Å². The Morgan fingerprint density at radius 3 is 2.60 bits per heavy atom. The summed E-state index contributed by atoms with van der Waals surface area (Å²) in [4.78, 5) is 38.1. The van der Waals surface area contributed by atoms with Crippen LogP contribution in [-0.2, 0) is 30.3 Å². The molecule has 2 fully saturated rings. The standard InChI is InChI=1S/C15H18N2O6S.Na/c18-13(11-12(23-11)15(20)21)16-10(8-9-2-1-7-24-9)14(19)17-3-5-22-6-4-17;/h1-2,7,10-12H,3-6,8H2,(H,16,18)(H,20,21);/q;+1/p-1/t10-,11-,12-;/m0./s1. The van der Waals surface area contributed by atoms with Gasteiger partial charge in [-0.15, -0.1) is 11.3 Å². The number of rotatable bonds is 6. The molecule has 0 saturated carbocycles. The van der Waals surface area contributed by atoms with Crippen molar-refractivity contribution in [3.05, 3.63) is 22.4 Å². The van der Waals surface area contributed by atoms with Crippen molar-refractivity contribution in [1.82, 2.24) is 10.2 Å². The van der Waals surface area contributed by atoms with Crippen molar-refractivity contribution in [3.8, 4) is 0 Å². The smallest absolute Gasteiger partial charge is 0.547 e. The topological polar surface area (TPSA) is 111 Å². The molecule has 0 radical (unpaired) electrons. The number of hydrogen-bond donors (Lipinski definition) is 1. The van der Waals surface area contributed by atoms with Gasteiger partial charge in [-0.25, -0.2) is 0 Å². The molecule has 2 amide bonds. The van der Waals surface area contributed by atoms with E-state index in [1.165, 1.54) is 11.3 Å². The Hall–Kier alpha value is -0.970. The molecule has 0 unspecified atom stereocenters. The van der Waals surface area contributed by atoms with Gasteiger partial charge in [-0.05, 0) is 11.4 Å². The number of ether oxygens (including phenoxy) is 2. The van der Waals surface area contributed by atoms with Crippen LogP contribution in [0.5, 0.6) is 0 Å². The van der Waals surface area contributed by atoms with E-state index in [0.717, 1.165) is 4.88 Å². The first-order valence-electron chi connectivity index (χ1n) is 7.62. The van der Waals surface area contributed by atoms with Crippen LogP contribution in [0.1, 0.15) is 4.88 Å². The molecule has 3 heterocycles. The molecule has 2 aliphatic rings. The van der Waals surface area contributed by atoms with Gasteiger partial charge in [-0.2, -0.15) is 0 Å². The summed E-state index contributed by atoms with van der Waals surface area (Å²) < 4.78 is 10.0. The van der Waals surface area contributed by atoms with Crippen LogP contribution in [0.15, 0.2) is 17.5 Å². The summed E-state index contributed by atoms with van der Waals surface area (Å²) >= 11 is 1.49. The largest absolute Gasteiger partial charge is 1.00 e. The molecule has 3 rings (SSSR count). The van der Waals surface area contributed by atoms with Crippen LogP contribution in [0.2, 0.25) is 0 Å². The molecule has 1 aromatic heterocycles. The van der Waals surface area contributed by atoms with Crippen molar-refractivity contribution in [1.29, 1.82) is 0 Å². The molecule has 10 heteroatoms. The van der Waals surface area contributed by atoms with Crippen molar-refractivity contribution >= 4 is 29.1 Å². The first-order valence-corrected chi connectivity index (χ1v) is 8.50. The van der Waals surface area contributed by atoms with Gasteiger partial charge in [0.05, 0.1) is 19.2 Å². The van der Waals surface area contributed by atoms with Crippen LogP contribution in [0.25, 0.3) is 0 Å². The summed E-state index contributed by atoms with van der Waals surface area (Å²) in [6.07, 6.45) is -1.97. The fourth-order valence-corrected chi connectivity index (χ4v) is 3.33. The van der Waals surface area contributed by atoms with Gasteiger partial charge in [-0.1, -0.05) is 6.07 Å². The predicted molar refractivity (Wildman–Crippen MR) is 81.0 cm³/mol. The molecule has 25 heavy (non-hydrogen) atoms. The Labute approximate surface area is 170 Å². The third-order valence-corrected chi connectivity index (χ3v) is 4.80. The maximum Gasteiger partial charge on any atom is 1.00 e. The number of carbonyl (C=O) groups excluding carboxylic acids is 3. The molecule has 8 nitrogen and oxygen atoms in total. The first-order chi connectivity index (χ1) is 11.6. The Morgan fingerprint density at radius 2 is 2.04 bits per heavy atom. The molecule has 130 valence electrons. The summed E-state index contributed by atoms with van der Waals surface area (Å²) in [6.45, 7) is 1.86. The number of amides is 2. The van der Waals surface area contributed by atoms with Crippen molar-refractivity contribution in [2.24, 2.45) is 0 Å². The second kappa shape index (κ2) is 9.11. The van der Waals surface area contributed by atoms with Crippen LogP contribution >= 0.6 is 11.3 Å². The Kier molecular flexibility index (Phi) is 7.41. The number of hydrogen-bond acceptors (Lipinski definition) is 7. The van der Waals surface area contributed by atoms with Gasteiger partial charge in [0.1, 0.15) is 12.1 Å². The van der Waals surface area contributed by atoms with E-state index in [1.54, 1.807) is 4.90 Å². The van der Waals surface area contributed by atoms with Gasteiger partial charge < -0.3 is 29.6 Å². The molecular formula is C15H17N2NaO6S. The number of nitrogens with zero attached hydrogens (tertiary/aromatic N) is 1. The van der Waals surface area contributed by atoms with Crippen LogP contribution in [-0.4, -0.2) is 67.2 Å².